The van der Waals surface area contributed by atoms with Crippen LogP contribution in [0.4, 0.5) is 5.82 Å². The van der Waals surface area contributed by atoms with E-state index in [2.05, 4.69) is 21.4 Å². The molecule has 2 aromatic heterocycles. The third-order valence-electron chi connectivity index (χ3n) is 6.42. The van der Waals surface area contributed by atoms with E-state index in [0.717, 1.165) is 67.4 Å². The monoisotopic (exact) mass is 360 g/mol. The molecule has 1 aromatic carbocycles. The highest BCUT2D eigenvalue weighted by molar-refractivity contribution is 5.86. The average Bonchev–Trinajstić information content (AvgIpc) is 3.31. The van der Waals surface area contributed by atoms with Gasteiger partial charge in [-0.05, 0) is 68.2 Å². The van der Waals surface area contributed by atoms with Gasteiger partial charge in [0.2, 0.25) is 0 Å². The number of hydrogen-bond acceptors (Lipinski definition) is 4. The van der Waals surface area contributed by atoms with Crippen LogP contribution in [0.25, 0.3) is 16.7 Å². The van der Waals surface area contributed by atoms with Crippen molar-refractivity contribution >= 4 is 22.5 Å². The molecule has 3 aromatic rings. The Morgan fingerprint density at radius 3 is 2.67 bits per heavy atom. The molecule has 1 N–H and O–H groups in total. The van der Waals surface area contributed by atoms with Gasteiger partial charge in [0.15, 0.2) is 5.65 Å². The molecule has 1 aliphatic heterocycles. The van der Waals surface area contributed by atoms with E-state index in [1.54, 1.807) is 0 Å². The standard InChI is InChI=1S/C22H24N4O/c1-14(27)15-9-11-25(12-10-15)22-17-6-4-5-16(17)18(13-23)21-24-19-7-2-3-8-20(19)26(21)22/h2-3,7-8,14-15,27H,4-6,9-12H2,1H3. The number of benzene rings is 1. The van der Waals surface area contributed by atoms with Crippen LogP contribution in [0.15, 0.2) is 24.3 Å². The Bertz CT molecular complexity index is 1070. The number of rotatable bonds is 2. The molecule has 3 heterocycles. The molecule has 0 bridgehead atoms. The summed E-state index contributed by atoms with van der Waals surface area (Å²) in [4.78, 5) is 7.30. The molecule has 5 heteroatoms. The van der Waals surface area contributed by atoms with Crippen LogP contribution >= 0.6 is 0 Å². The molecule has 0 spiro atoms. The molecule has 1 saturated heterocycles. The van der Waals surface area contributed by atoms with Crippen LogP contribution in [-0.2, 0) is 12.8 Å². The van der Waals surface area contributed by atoms with Crippen LogP contribution < -0.4 is 4.90 Å². The van der Waals surface area contributed by atoms with E-state index >= 15 is 0 Å². The summed E-state index contributed by atoms with van der Waals surface area (Å²) in [6, 6.07) is 10.6. The van der Waals surface area contributed by atoms with E-state index in [4.69, 9.17) is 4.98 Å². The third kappa shape index (κ3) is 2.44. The van der Waals surface area contributed by atoms with E-state index in [1.165, 1.54) is 16.9 Å². The van der Waals surface area contributed by atoms with E-state index < -0.39 is 0 Å². The molecule has 138 valence electrons. The summed E-state index contributed by atoms with van der Waals surface area (Å²) in [5.41, 5.74) is 6.10. The maximum atomic E-state index is 9.97. The summed E-state index contributed by atoms with van der Waals surface area (Å²) in [6.07, 6.45) is 4.86. The summed E-state index contributed by atoms with van der Waals surface area (Å²) >= 11 is 0. The molecule has 5 rings (SSSR count). The van der Waals surface area contributed by atoms with Crippen molar-refractivity contribution in [2.24, 2.45) is 5.92 Å². The Balaban J connectivity index is 1.75. The number of hydrogen-bond donors (Lipinski definition) is 1. The summed E-state index contributed by atoms with van der Waals surface area (Å²) in [6.45, 7) is 3.78. The molecule has 1 atom stereocenters. The Labute approximate surface area is 158 Å². The summed E-state index contributed by atoms with van der Waals surface area (Å²) in [5, 5.41) is 19.8. The highest BCUT2D eigenvalue weighted by Gasteiger charge is 2.31. The fourth-order valence-electron chi connectivity index (χ4n) is 4.99. The second-order valence-electron chi connectivity index (χ2n) is 7.95. The fraction of sp³-hybridized carbons (Fsp3) is 0.455. The first kappa shape index (κ1) is 16.6. The van der Waals surface area contributed by atoms with Crippen molar-refractivity contribution in [2.45, 2.75) is 45.1 Å². The second kappa shape index (κ2) is 6.24. The molecule has 1 aliphatic carbocycles. The quantitative estimate of drug-likeness (QED) is 0.760. The number of aromatic nitrogens is 2. The minimum atomic E-state index is -0.243. The van der Waals surface area contributed by atoms with Crippen molar-refractivity contribution in [3.8, 4) is 6.07 Å². The van der Waals surface area contributed by atoms with Crippen LogP contribution in [0.3, 0.4) is 0 Å². The minimum Gasteiger partial charge on any atom is -0.393 e. The summed E-state index contributed by atoms with van der Waals surface area (Å²) < 4.78 is 2.22. The van der Waals surface area contributed by atoms with Crippen LogP contribution in [0, 0.1) is 17.2 Å². The lowest BCUT2D eigenvalue weighted by Crippen LogP contribution is -2.38. The average molecular weight is 360 g/mol. The maximum absolute atomic E-state index is 9.97. The molecule has 1 unspecified atom stereocenters. The molecule has 0 saturated carbocycles. The maximum Gasteiger partial charge on any atom is 0.157 e. The van der Waals surface area contributed by atoms with E-state index in [-0.39, 0.29) is 6.10 Å². The van der Waals surface area contributed by atoms with Crippen LogP contribution in [-0.4, -0.2) is 33.7 Å². The number of nitrogens with zero attached hydrogens (tertiary/aromatic N) is 4. The van der Waals surface area contributed by atoms with Gasteiger partial charge in [0, 0.05) is 13.1 Å². The fourth-order valence-corrected chi connectivity index (χ4v) is 4.99. The Morgan fingerprint density at radius 1 is 1.19 bits per heavy atom. The van der Waals surface area contributed by atoms with Crippen molar-refractivity contribution in [3.05, 3.63) is 41.0 Å². The lowest BCUT2D eigenvalue weighted by Gasteiger charge is -2.36. The second-order valence-corrected chi connectivity index (χ2v) is 7.95. The molecule has 0 radical (unpaired) electrons. The third-order valence-corrected chi connectivity index (χ3v) is 6.42. The zero-order chi connectivity index (χ0) is 18.5. The van der Waals surface area contributed by atoms with Crippen LogP contribution in [0.5, 0.6) is 0 Å². The normalized spacial score (nSPS) is 18.8. The minimum absolute atomic E-state index is 0.243. The summed E-state index contributed by atoms with van der Waals surface area (Å²) in [5.74, 6) is 1.61. The number of imidazole rings is 1. The number of aliphatic hydroxyl groups excluding tert-OH is 1. The van der Waals surface area contributed by atoms with Gasteiger partial charge in [-0.15, -0.1) is 0 Å². The zero-order valence-corrected chi connectivity index (χ0v) is 15.6. The number of piperidine rings is 1. The Kier molecular flexibility index (Phi) is 3.84. The predicted octanol–water partition coefficient (Wildman–Crippen LogP) is 3.45. The van der Waals surface area contributed by atoms with E-state index in [9.17, 15) is 10.4 Å². The predicted molar refractivity (Wildman–Crippen MR) is 106 cm³/mol. The van der Waals surface area contributed by atoms with Gasteiger partial charge in [-0.3, -0.25) is 4.40 Å². The molecule has 5 nitrogen and oxygen atoms in total. The molecular weight excluding hydrogens is 336 g/mol. The van der Waals surface area contributed by atoms with Crippen molar-refractivity contribution in [2.75, 3.05) is 18.0 Å². The Morgan fingerprint density at radius 2 is 1.93 bits per heavy atom. The number of para-hydroxylation sites is 2. The van der Waals surface area contributed by atoms with Crippen molar-refractivity contribution in [1.29, 1.82) is 5.26 Å². The smallest absolute Gasteiger partial charge is 0.157 e. The van der Waals surface area contributed by atoms with E-state index in [0.29, 0.717) is 5.92 Å². The largest absolute Gasteiger partial charge is 0.393 e. The number of anilines is 1. The molecule has 0 amide bonds. The first-order chi connectivity index (χ1) is 13.2. The van der Waals surface area contributed by atoms with Gasteiger partial charge in [0.1, 0.15) is 11.9 Å². The van der Waals surface area contributed by atoms with Crippen molar-refractivity contribution in [1.82, 2.24) is 9.38 Å². The molecule has 2 aliphatic rings. The van der Waals surface area contributed by atoms with Crippen LogP contribution in [0.1, 0.15) is 42.9 Å². The van der Waals surface area contributed by atoms with Gasteiger partial charge in [0.05, 0.1) is 22.7 Å². The SMILES string of the molecule is CC(O)C1CCN(c2c3c(c(C#N)c4nc5ccccc5n24)CCC3)CC1. The number of nitriles is 1. The number of fused-ring (bicyclic) bond motifs is 4. The van der Waals surface area contributed by atoms with Gasteiger partial charge in [-0.2, -0.15) is 5.26 Å². The topological polar surface area (TPSA) is 64.6 Å². The van der Waals surface area contributed by atoms with Gasteiger partial charge < -0.3 is 10.0 Å². The van der Waals surface area contributed by atoms with Gasteiger partial charge in [0.25, 0.3) is 0 Å². The van der Waals surface area contributed by atoms with Gasteiger partial charge in [-0.25, -0.2) is 4.98 Å². The van der Waals surface area contributed by atoms with Crippen molar-refractivity contribution < 1.29 is 5.11 Å². The molecule has 27 heavy (non-hydrogen) atoms. The number of aliphatic hydroxyl groups is 1. The number of pyridine rings is 1. The summed E-state index contributed by atoms with van der Waals surface area (Å²) in [7, 11) is 0. The van der Waals surface area contributed by atoms with E-state index in [1.807, 2.05) is 25.1 Å². The van der Waals surface area contributed by atoms with Gasteiger partial charge >= 0.3 is 0 Å². The van der Waals surface area contributed by atoms with Crippen molar-refractivity contribution in [3.63, 3.8) is 0 Å². The molecular formula is C22H24N4O. The zero-order valence-electron chi connectivity index (χ0n) is 15.6. The molecule has 1 fully saturated rings. The lowest BCUT2D eigenvalue weighted by atomic mass is 9.92. The highest BCUT2D eigenvalue weighted by Crippen LogP contribution is 2.39. The Hall–Kier alpha value is -2.58. The first-order valence-electron chi connectivity index (χ1n) is 9.97. The lowest BCUT2D eigenvalue weighted by molar-refractivity contribution is 0.109. The van der Waals surface area contributed by atoms with Gasteiger partial charge in [-0.1, -0.05) is 12.1 Å². The first-order valence-corrected chi connectivity index (χ1v) is 9.97. The van der Waals surface area contributed by atoms with Crippen LogP contribution in [0.2, 0.25) is 0 Å². The highest BCUT2D eigenvalue weighted by atomic mass is 16.3.